The van der Waals surface area contributed by atoms with Gasteiger partial charge in [-0.2, -0.15) is 5.26 Å². The molecule has 2 rings (SSSR count). The van der Waals surface area contributed by atoms with Gasteiger partial charge < -0.3 is 11.1 Å². The second-order valence-electron chi connectivity index (χ2n) is 3.86. The lowest BCUT2D eigenvalue weighted by atomic mass is 10.2. The second kappa shape index (κ2) is 5.78. The monoisotopic (exact) mass is 306 g/mol. The molecule has 2 aromatic rings. The first-order valence-electron chi connectivity index (χ1n) is 5.43. The van der Waals surface area contributed by atoms with Crippen LogP contribution < -0.4 is 11.1 Å². The normalized spacial score (nSPS) is 9.85. The number of nitrogens with one attached hydrogen (secondary N) is 1. The number of rotatable bonds is 2. The van der Waals surface area contributed by atoms with Crippen LogP contribution in [0.1, 0.15) is 15.9 Å². The smallest absolute Gasteiger partial charge is 0.258 e. The number of amides is 1. The minimum absolute atomic E-state index is 0.0252. The molecule has 0 unspecified atom stereocenters. The van der Waals surface area contributed by atoms with Crippen molar-refractivity contribution in [3.05, 3.63) is 51.8 Å². The fourth-order valence-corrected chi connectivity index (χ4v) is 1.89. The average Bonchev–Trinajstić information content (AvgIpc) is 2.41. The fraction of sp³-hybridized carbons (Fsp3) is 0. The predicted molar refractivity (Wildman–Crippen MR) is 77.8 cm³/mol. The molecular formula is C13H8Cl2N4O. The van der Waals surface area contributed by atoms with Gasteiger partial charge in [-0.05, 0) is 24.3 Å². The van der Waals surface area contributed by atoms with Gasteiger partial charge in [0.05, 0.1) is 28.7 Å². The summed E-state index contributed by atoms with van der Waals surface area (Å²) < 4.78 is 0. The van der Waals surface area contributed by atoms with Gasteiger partial charge in [0.15, 0.2) is 0 Å². The van der Waals surface area contributed by atoms with E-state index in [2.05, 4.69) is 10.3 Å². The van der Waals surface area contributed by atoms with E-state index in [1.807, 2.05) is 6.07 Å². The molecule has 5 nitrogen and oxygen atoms in total. The Hall–Kier alpha value is -2.29. The number of hydrogen-bond acceptors (Lipinski definition) is 4. The lowest BCUT2D eigenvalue weighted by Gasteiger charge is -2.08. The van der Waals surface area contributed by atoms with Gasteiger partial charge in [0.2, 0.25) is 0 Å². The number of halogens is 2. The number of carbonyl (C=O) groups excluding carboxylic acids is 1. The zero-order valence-electron chi connectivity index (χ0n) is 10.0. The highest BCUT2D eigenvalue weighted by atomic mass is 35.5. The number of carbonyl (C=O) groups is 1. The molecule has 0 saturated carbocycles. The standard InChI is InChI=1S/C13H8Cl2N4O/c14-8-2-1-7(5-16)11(3-8)19-13(20)10-4-9(17)6-18-12(10)15/h1-4,6H,17H2,(H,19,20). The van der Waals surface area contributed by atoms with Crippen LogP contribution >= 0.6 is 23.2 Å². The summed E-state index contributed by atoms with van der Waals surface area (Å²) in [6.07, 6.45) is 1.35. The molecule has 0 saturated heterocycles. The largest absolute Gasteiger partial charge is 0.397 e. The molecule has 1 amide bonds. The Balaban J connectivity index is 2.35. The molecule has 0 aliphatic heterocycles. The predicted octanol–water partition coefficient (Wildman–Crippen LogP) is 3.09. The van der Waals surface area contributed by atoms with Crippen LogP contribution in [-0.2, 0) is 0 Å². The Morgan fingerprint density at radius 1 is 1.35 bits per heavy atom. The van der Waals surface area contributed by atoms with Crippen LogP contribution in [0.2, 0.25) is 10.2 Å². The molecule has 0 aliphatic carbocycles. The number of nitrogen functional groups attached to an aromatic ring is 1. The molecule has 0 aliphatic rings. The molecule has 20 heavy (non-hydrogen) atoms. The summed E-state index contributed by atoms with van der Waals surface area (Å²) in [6.45, 7) is 0. The van der Waals surface area contributed by atoms with E-state index >= 15 is 0 Å². The van der Waals surface area contributed by atoms with Gasteiger partial charge in [-0.1, -0.05) is 23.2 Å². The van der Waals surface area contributed by atoms with Crippen LogP contribution in [0.3, 0.4) is 0 Å². The van der Waals surface area contributed by atoms with Gasteiger partial charge in [-0.15, -0.1) is 0 Å². The van der Waals surface area contributed by atoms with E-state index in [9.17, 15) is 4.79 Å². The molecule has 3 N–H and O–H groups in total. The fourth-order valence-electron chi connectivity index (χ4n) is 1.53. The molecule has 0 bridgehead atoms. The van der Waals surface area contributed by atoms with Crippen molar-refractivity contribution in [2.24, 2.45) is 0 Å². The van der Waals surface area contributed by atoms with Crippen LogP contribution in [0.25, 0.3) is 0 Å². The topological polar surface area (TPSA) is 91.8 Å². The molecule has 0 fully saturated rings. The van der Waals surface area contributed by atoms with E-state index in [4.69, 9.17) is 34.2 Å². The van der Waals surface area contributed by atoms with Gasteiger partial charge in [0, 0.05) is 5.02 Å². The number of hydrogen-bond donors (Lipinski definition) is 2. The lowest BCUT2D eigenvalue weighted by Crippen LogP contribution is -2.14. The first-order chi connectivity index (χ1) is 9.51. The maximum Gasteiger partial charge on any atom is 0.258 e. The van der Waals surface area contributed by atoms with Crippen molar-refractivity contribution in [3.63, 3.8) is 0 Å². The quantitative estimate of drug-likeness (QED) is 0.834. The first-order valence-corrected chi connectivity index (χ1v) is 6.19. The van der Waals surface area contributed by atoms with E-state index in [0.717, 1.165) is 0 Å². The zero-order chi connectivity index (χ0) is 14.7. The molecular weight excluding hydrogens is 299 g/mol. The van der Waals surface area contributed by atoms with Crippen molar-refractivity contribution >= 4 is 40.5 Å². The number of nitrogens with zero attached hydrogens (tertiary/aromatic N) is 2. The third kappa shape index (κ3) is 2.99. The highest BCUT2D eigenvalue weighted by molar-refractivity contribution is 6.33. The number of nitriles is 1. The second-order valence-corrected chi connectivity index (χ2v) is 4.66. The molecule has 1 aromatic heterocycles. The number of anilines is 2. The van der Waals surface area contributed by atoms with Gasteiger partial charge in [0.1, 0.15) is 11.2 Å². The Morgan fingerprint density at radius 2 is 2.10 bits per heavy atom. The SMILES string of the molecule is N#Cc1ccc(Cl)cc1NC(=O)c1cc(N)cnc1Cl. The van der Waals surface area contributed by atoms with Crippen LogP contribution in [0.4, 0.5) is 11.4 Å². The Morgan fingerprint density at radius 3 is 2.80 bits per heavy atom. The van der Waals surface area contributed by atoms with E-state index in [1.54, 1.807) is 6.07 Å². The van der Waals surface area contributed by atoms with Gasteiger partial charge in [-0.25, -0.2) is 4.98 Å². The summed E-state index contributed by atoms with van der Waals surface area (Å²) in [6, 6.07) is 7.91. The molecule has 0 atom stereocenters. The maximum absolute atomic E-state index is 12.1. The van der Waals surface area contributed by atoms with Crippen molar-refractivity contribution in [3.8, 4) is 6.07 Å². The summed E-state index contributed by atoms with van der Waals surface area (Å²) in [4.78, 5) is 15.9. The molecule has 100 valence electrons. The summed E-state index contributed by atoms with van der Waals surface area (Å²) in [5.74, 6) is -0.520. The first kappa shape index (κ1) is 14.1. The van der Waals surface area contributed by atoms with Crippen molar-refractivity contribution in [2.45, 2.75) is 0 Å². The highest BCUT2D eigenvalue weighted by Gasteiger charge is 2.14. The Bertz CT molecular complexity index is 725. The number of benzene rings is 1. The van der Waals surface area contributed by atoms with Gasteiger partial charge in [0.25, 0.3) is 5.91 Å². The van der Waals surface area contributed by atoms with Crippen molar-refractivity contribution in [1.29, 1.82) is 5.26 Å². The van der Waals surface area contributed by atoms with Crippen LogP contribution in [0, 0.1) is 11.3 Å². The van der Waals surface area contributed by atoms with E-state index in [-0.39, 0.29) is 16.3 Å². The minimum atomic E-state index is -0.520. The van der Waals surface area contributed by atoms with Crippen molar-refractivity contribution in [2.75, 3.05) is 11.1 Å². The van der Waals surface area contributed by atoms with Gasteiger partial charge in [-0.3, -0.25) is 4.79 Å². The van der Waals surface area contributed by atoms with Crippen LogP contribution in [0.15, 0.2) is 30.5 Å². The van der Waals surface area contributed by atoms with Gasteiger partial charge >= 0.3 is 0 Å². The average molecular weight is 307 g/mol. The summed E-state index contributed by atoms with van der Waals surface area (Å²) in [5, 5.41) is 12.0. The maximum atomic E-state index is 12.1. The summed E-state index contributed by atoms with van der Waals surface area (Å²) in [7, 11) is 0. The molecule has 0 radical (unpaired) electrons. The Kier molecular flexibility index (Phi) is 4.08. The Labute approximate surface area is 124 Å². The molecule has 1 aromatic carbocycles. The van der Waals surface area contributed by atoms with Crippen molar-refractivity contribution in [1.82, 2.24) is 4.98 Å². The van der Waals surface area contributed by atoms with E-state index in [1.165, 1.54) is 24.4 Å². The molecule has 1 heterocycles. The summed E-state index contributed by atoms with van der Waals surface area (Å²) in [5.41, 5.74) is 6.58. The minimum Gasteiger partial charge on any atom is -0.397 e. The highest BCUT2D eigenvalue weighted by Crippen LogP contribution is 2.23. The van der Waals surface area contributed by atoms with Crippen molar-refractivity contribution < 1.29 is 4.79 Å². The third-order valence-corrected chi connectivity index (χ3v) is 2.99. The van der Waals surface area contributed by atoms with Crippen LogP contribution in [-0.4, -0.2) is 10.9 Å². The molecule has 0 spiro atoms. The zero-order valence-corrected chi connectivity index (χ0v) is 11.5. The lowest BCUT2D eigenvalue weighted by molar-refractivity contribution is 0.102. The number of nitrogens with two attached hydrogens (primary N) is 1. The number of pyridine rings is 1. The summed E-state index contributed by atoms with van der Waals surface area (Å²) >= 11 is 11.7. The van der Waals surface area contributed by atoms with E-state index < -0.39 is 5.91 Å². The number of aromatic nitrogens is 1. The van der Waals surface area contributed by atoms with Crippen LogP contribution in [0.5, 0.6) is 0 Å². The molecule has 7 heteroatoms. The third-order valence-electron chi connectivity index (χ3n) is 2.46. The van der Waals surface area contributed by atoms with E-state index in [0.29, 0.717) is 16.4 Å².